The van der Waals surface area contributed by atoms with Gasteiger partial charge < -0.3 is 4.90 Å². The van der Waals surface area contributed by atoms with Gasteiger partial charge in [0.2, 0.25) is 0 Å². The molecule has 112 valence electrons. The van der Waals surface area contributed by atoms with Gasteiger partial charge >= 0.3 is 0 Å². The molecule has 4 heteroatoms. The number of likely N-dealkylation sites (N-methyl/N-ethyl adjacent to an activating group) is 1. The molecule has 1 saturated heterocycles. The fourth-order valence-corrected chi connectivity index (χ4v) is 4.06. The molecular formula is C17H23N3S. The van der Waals surface area contributed by atoms with Crippen LogP contribution in [0.3, 0.4) is 0 Å². The molecular weight excluding hydrogens is 278 g/mol. The summed E-state index contributed by atoms with van der Waals surface area (Å²) >= 11 is 1.86. The van der Waals surface area contributed by atoms with Gasteiger partial charge in [0, 0.05) is 42.4 Å². The Hall–Kier alpha value is -1.23. The van der Waals surface area contributed by atoms with E-state index in [1.165, 1.54) is 23.4 Å². The topological polar surface area (TPSA) is 19.4 Å². The minimum atomic E-state index is 0.587. The van der Waals surface area contributed by atoms with Gasteiger partial charge in [-0.15, -0.1) is 11.3 Å². The van der Waals surface area contributed by atoms with Crippen LogP contribution in [0.4, 0.5) is 0 Å². The lowest BCUT2D eigenvalue weighted by Crippen LogP contribution is -2.43. The van der Waals surface area contributed by atoms with E-state index in [1.54, 1.807) is 0 Å². The van der Waals surface area contributed by atoms with Crippen LogP contribution in [0.2, 0.25) is 0 Å². The predicted octanol–water partition coefficient (Wildman–Crippen LogP) is 2.89. The van der Waals surface area contributed by atoms with Crippen LogP contribution in [0.25, 0.3) is 0 Å². The van der Waals surface area contributed by atoms with Crippen molar-refractivity contribution in [2.24, 2.45) is 0 Å². The highest BCUT2D eigenvalue weighted by Crippen LogP contribution is 2.27. The van der Waals surface area contributed by atoms with E-state index in [2.05, 4.69) is 58.5 Å². The molecule has 2 aromatic heterocycles. The lowest BCUT2D eigenvalue weighted by Gasteiger charge is -2.31. The molecule has 0 amide bonds. The zero-order valence-electron chi connectivity index (χ0n) is 12.8. The van der Waals surface area contributed by atoms with Crippen molar-refractivity contribution in [2.75, 3.05) is 20.6 Å². The van der Waals surface area contributed by atoms with Gasteiger partial charge in [-0.2, -0.15) is 0 Å². The van der Waals surface area contributed by atoms with Crippen LogP contribution in [0.5, 0.6) is 0 Å². The maximum atomic E-state index is 4.13. The largest absolute Gasteiger partial charge is 0.305 e. The molecule has 3 heterocycles. The normalized spacial score (nSPS) is 23.0. The molecule has 3 nitrogen and oxygen atoms in total. The summed E-state index contributed by atoms with van der Waals surface area (Å²) in [6, 6.07) is 9.92. The van der Waals surface area contributed by atoms with Gasteiger partial charge in [-0.25, -0.2) is 0 Å². The second kappa shape index (κ2) is 6.69. The van der Waals surface area contributed by atoms with Crippen LogP contribution >= 0.6 is 11.3 Å². The summed E-state index contributed by atoms with van der Waals surface area (Å²) in [7, 11) is 4.41. The summed E-state index contributed by atoms with van der Waals surface area (Å²) in [6.45, 7) is 2.27. The lowest BCUT2D eigenvalue weighted by atomic mass is 10.00. The van der Waals surface area contributed by atoms with E-state index in [4.69, 9.17) is 0 Å². The first-order chi connectivity index (χ1) is 10.2. The quantitative estimate of drug-likeness (QED) is 0.846. The monoisotopic (exact) mass is 301 g/mol. The summed E-state index contributed by atoms with van der Waals surface area (Å²) < 4.78 is 0. The molecule has 2 aromatic rings. The summed E-state index contributed by atoms with van der Waals surface area (Å²) in [4.78, 5) is 10.6. The van der Waals surface area contributed by atoms with Gasteiger partial charge in [0.1, 0.15) is 0 Å². The van der Waals surface area contributed by atoms with E-state index in [9.17, 15) is 0 Å². The summed E-state index contributed by atoms with van der Waals surface area (Å²) in [5.74, 6) is 0. The molecule has 0 N–H and O–H groups in total. The minimum Gasteiger partial charge on any atom is -0.305 e. The molecule has 1 aliphatic heterocycles. The number of pyridine rings is 1. The number of rotatable bonds is 5. The maximum Gasteiger partial charge on any atom is 0.0331 e. The molecule has 3 rings (SSSR count). The van der Waals surface area contributed by atoms with Crippen molar-refractivity contribution >= 4 is 11.3 Å². The molecule has 0 radical (unpaired) electrons. The number of likely N-dealkylation sites (tertiary alicyclic amines) is 1. The Kier molecular flexibility index (Phi) is 4.68. The number of aromatic nitrogens is 1. The third kappa shape index (κ3) is 3.51. The summed E-state index contributed by atoms with van der Waals surface area (Å²) in [5, 5.41) is 2.17. The second-order valence-corrected chi connectivity index (χ2v) is 7.03. The summed E-state index contributed by atoms with van der Waals surface area (Å²) in [5.41, 5.74) is 1.39. The fourth-order valence-electron chi connectivity index (χ4n) is 3.33. The smallest absolute Gasteiger partial charge is 0.0331 e. The number of hydrogen-bond donors (Lipinski definition) is 0. The van der Waals surface area contributed by atoms with Crippen LogP contribution < -0.4 is 0 Å². The average Bonchev–Trinajstić information content (AvgIpc) is 3.11. The third-order valence-electron chi connectivity index (χ3n) is 4.42. The zero-order chi connectivity index (χ0) is 14.7. The first kappa shape index (κ1) is 14.7. The highest BCUT2D eigenvalue weighted by Gasteiger charge is 2.35. The van der Waals surface area contributed by atoms with E-state index in [-0.39, 0.29) is 0 Å². The fraction of sp³-hybridized carbons (Fsp3) is 0.471. The molecule has 2 atom stereocenters. The molecule has 1 fully saturated rings. The Bertz CT molecular complexity index is 538. The van der Waals surface area contributed by atoms with E-state index >= 15 is 0 Å². The highest BCUT2D eigenvalue weighted by molar-refractivity contribution is 7.09. The maximum absolute atomic E-state index is 4.13. The SMILES string of the molecule is CN(C)[C@@H]1CCN(Cc2cccs2)[C@H]1Cc1ccncc1. The van der Waals surface area contributed by atoms with Crippen molar-refractivity contribution in [3.63, 3.8) is 0 Å². The van der Waals surface area contributed by atoms with Crippen molar-refractivity contribution in [3.8, 4) is 0 Å². The molecule has 0 unspecified atom stereocenters. The van der Waals surface area contributed by atoms with Gasteiger partial charge in [0.05, 0.1) is 0 Å². The first-order valence-electron chi connectivity index (χ1n) is 7.56. The van der Waals surface area contributed by atoms with Crippen LogP contribution in [0, 0.1) is 0 Å². The number of nitrogens with zero attached hydrogens (tertiary/aromatic N) is 3. The van der Waals surface area contributed by atoms with Gasteiger partial charge in [-0.05, 0) is 56.1 Å². The van der Waals surface area contributed by atoms with Crippen molar-refractivity contribution in [2.45, 2.75) is 31.5 Å². The first-order valence-corrected chi connectivity index (χ1v) is 8.44. The van der Waals surface area contributed by atoms with E-state index < -0.39 is 0 Å². The van der Waals surface area contributed by atoms with Crippen LogP contribution in [-0.2, 0) is 13.0 Å². The molecule has 0 aliphatic carbocycles. The van der Waals surface area contributed by atoms with Crippen molar-refractivity contribution < 1.29 is 0 Å². The average molecular weight is 301 g/mol. The van der Waals surface area contributed by atoms with Gasteiger partial charge in [-0.1, -0.05) is 6.07 Å². The second-order valence-electron chi connectivity index (χ2n) is 6.00. The van der Waals surface area contributed by atoms with Crippen LogP contribution in [0.15, 0.2) is 42.0 Å². The van der Waals surface area contributed by atoms with Crippen molar-refractivity contribution in [3.05, 3.63) is 52.5 Å². The highest BCUT2D eigenvalue weighted by atomic mass is 32.1. The number of hydrogen-bond acceptors (Lipinski definition) is 4. The molecule has 0 bridgehead atoms. The predicted molar refractivity (Wildman–Crippen MR) is 88.6 cm³/mol. The Labute approximate surface area is 131 Å². The summed E-state index contributed by atoms with van der Waals surface area (Å²) in [6.07, 6.45) is 6.17. The van der Waals surface area contributed by atoms with Crippen LogP contribution in [-0.4, -0.2) is 47.5 Å². The Morgan fingerprint density at radius 1 is 1.29 bits per heavy atom. The van der Waals surface area contributed by atoms with Gasteiger partial charge in [0.15, 0.2) is 0 Å². The Morgan fingerprint density at radius 2 is 2.10 bits per heavy atom. The Morgan fingerprint density at radius 3 is 2.76 bits per heavy atom. The van der Waals surface area contributed by atoms with Crippen molar-refractivity contribution in [1.82, 2.24) is 14.8 Å². The lowest BCUT2D eigenvalue weighted by molar-refractivity contribution is 0.179. The zero-order valence-corrected chi connectivity index (χ0v) is 13.6. The van der Waals surface area contributed by atoms with E-state index in [0.29, 0.717) is 12.1 Å². The standard InChI is InChI=1S/C17H23N3S/c1-19(2)16-7-10-20(13-15-4-3-11-21-15)17(16)12-14-5-8-18-9-6-14/h3-6,8-9,11,16-17H,7,10,12-13H2,1-2H3/t16-,17+/m1/s1. The van der Waals surface area contributed by atoms with Gasteiger partial charge in [0.25, 0.3) is 0 Å². The van der Waals surface area contributed by atoms with Gasteiger partial charge in [-0.3, -0.25) is 9.88 Å². The minimum absolute atomic E-state index is 0.587. The van der Waals surface area contributed by atoms with Crippen LogP contribution in [0.1, 0.15) is 16.9 Å². The molecule has 0 spiro atoms. The molecule has 0 aromatic carbocycles. The molecule has 0 saturated carbocycles. The van der Waals surface area contributed by atoms with E-state index in [0.717, 1.165) is 13.0 Å². The Balaban J connectivity index is 1.75. The molecule has 1 aliphatic rings. The number of thiophene rings is 1. The van der Waals surface area contributed by atoms with E-state index in [1.807, 2.05) is 23.7 Å². The molecule has 21 heavy (non-hydrogen) atoms. The van der Waals surface area contributed by atoms with Crippen molar-refractivity contribution in [1.29, 1.82) is 0 Å². The third-order valence-corrected chi connectivity index (χ3v) is 5.28.